The number of anilines is 1. The fourth-order valence-electron chi connectivity index (χ4n) is 2.22. The standard InChI is InChI=1S/C18H15ClN2OS/c1-12-5-4-6-13(9-12)18-20-14(11-23-18)10-17(22)21-16-8-3-2-7-15(16)19/h2-9,11H,10H2,1H3,(H,21,22). The Bertz CT molecular complexity index is 844. The lowest BCUT2D eigenvalue weighted by atomic mass is 10.1. The van der Waals surface area contributed by atoms with Gasteiger partial charge in [-0.3, -0.25) is 4.79 Å². The molecule has 0 aliphatic heterocycles. The smallest absolute Gasteiger partial charge is 0.230 e. The van der Waals surface area contributed by atoms with E-state index >= 15 is 0 Å². The maximum absolute atomic E-state index is 12.1. The fourth-order valence-corrected chi connectivity index (χ4v) is 3.22. The van der Waals surface area contributed by atoms with Gasteiger partial charge < -0.3 is 5.32 Å². The van der Waals surface area contributed by atoms with Gasteiger partial charge in [0.25, 0.3) is 0 Å². The number of benzene rings is 2. The minimum atomic E-state index is -0.126. The molecule has 1 aromatic heterocycles. The topological polar surface area (TPSA) is 42.0 Å². The number of thiazole rings is 1. The minimum Gasteiger partial charge on any atom is -0.324 e. The summed E-state index contributed by atoms with van der Waals surface area (Å²) in [6, 6.07) is 15.4. The Morgan fingerprint density at radius 1 is 1.22 bits per heavy atom. The number of carbonyl (C=O) groups excluding carboxylic acids is 1. The van der Waals surface area contributed by atoms with Gasteiger partial charge >= 0.3 is 0 Å². The Hall–Kier alpha value is -2.17. The van der Waals surface area contributed by atoms with Crippen LogP contribution in [0.2, 0.25) is 5.02 Å². The van der Waals surface area contributed by atoms with Gasteiger partial charge in [0.1, 0.15) is 5.01 Å². The minimum absolute atomic E-state index is 0.126. The molecule has 0 bridgehead atoms. The van der Waals surface area contributed by atoms with Crippen LogP contribution in [0.15, 0.2) is 53.9 Å². The van der Waals surface area contributed by atoms with Gasteiger partial charge in [0.05, 0.1) is 22.8 Å². The number of para-hydroxylation sites is 1. The average Bonchev–Trinajstić information content (AvgIpc) is 2.98. The van der Waals surface area contributed by atoms with Crippen molar-refractivity contribution in [3.63, 3.8) is 0 Å². The summed E-state index contributed by atoms with van der Waals surface area (Å²) in [6.45, 7) is 2.05. The molecule has 0 spiro atoms. The Morgan fingerprint density at radius 2 is 2.04 bits per heavy atom. The number of nitrogens with zero attached hydrogens (tertiary/aromatic N) is 1. The largest absolute Gasteiger partial charge is 0.324 e. The van der Waals surface area contributed by atoms with Crippen molar-refractivity contribution < 1.29 is 4.79 Å². The molecule has 2 aromatic carbocycles. The monoisotopic (exact) mass is 342 g/mol. The van der Waals surface area contributed by atoms with Gasteiger partial charge in [-0.05, 0) is 25.1 Å². The number of carbonyl (C=O) groups is 1. The van der Waals surface area contributed by atoms with Crippen LogP contribution < -0.4 is 5.32 Å². The summed E-state index contributed by atoms with van der Waals surface area (Å²) in [5.74, 6) is -0.126. The first kappa shape index (κ1) is 15.7. The van der Waals surface area contributed by atoms with Gasteiger partial charge in [0, 0.05) is 10.9 Å². The maximum atomic E-state index is 12.1. The SMILES string of the molecule is Cc1cccc(-c2nc(CC(=O)Nc3ccccc3Cl)cs2)c1. The molecule has 0 saturated heterocycles. The third-order valence-electron chi connectivity index (χ3n) is 3.31. The zero-order valence-corrected chi connectivity index (χ0v) is 14.1. The number of aromatic nitrogens is 1. The predicted octanol–water partition coefficient (Wildman–Crippen LogP) is 4.95. The molecular weight excluding hydrogens is 328 g/mol. The first-order valence-corrected chi connectivity index (χ1v) is 8.43. The highest BCUT2D eigenvalue weighted by molar-refractivity contribution is 7.13. The molecule has 0 aliphatic rings. The van der Waals surface area contributed by atoms with E-state index in [0.717, 1.165) is 16.3 Å². The Labute approximate surface area is 144 Å². The van der Waals surface area contributed by atoms with Crippen LogP contribution in [0.1, 0.15) is 11.3 Å². The van der Waals surface area contributed by atoms with Gasteiger partial charge in [-0.25, -0.2) is 4.98 Å². The summed E-state index contributed by atoms with van der Waals surface area (Å²) in [4.78, 5) is 16.7. The van der Waals surface area contributed by atoms with E-state index in [2.05, 4.69) is 29.4 Å². The van der Waals surface area contributed by atoms with E-state index in [9.17, 15) is 4.79 Å². The van der Waals surface area contributed by atoms with E-state index in [-0.39, 0.29) is 12.3 Å². The van der Waals surface area contributed by atoms with Crippen molar-refractivity contribution in [1.29, 1.82) is 0 Å². The van der Waals surface area contributed by atoms with Gasteiger partial charge in [-0.2, -0.15) is 0 Å². The number of aryl methyl sites for hydroxylation is 1. The third kappa shape index (κ3) is 3.97. The molecule has 0 saturated carbocycles. The second-order valence-electron chi connectivity index (χ2n) is 5.22. The normalized spacial score (nSPS) is 10.5. The lowest BCUT2D eigenvalue weighted by Gasteiger charge is -2.05. The molecule has 116 valence electrons. The third-order valence-corrected chi connectivity index (χ3v) is 4.58. The Balaban J connectivity index is 1.69. The van der Waals surface area contributed by atoms with E-state index in [1.807, 2.05) is 29.6 Å². The molecule has 0 fully saturated rings. The van der Waals surface area contributed by atoms with Gasteiger partial charge in [0.2, 0.25) is 5.91 Å². The highest BCUT2D eigenvalue weighted by atomic mass is 35.5. The number of amides is 1. The lowest BCUT2D eigenvalue weighted by Crippen LogP contribution is -2.14. The van der Waals surface area contributed by atoms with Crippen LogP contribution in [0, 0.1) is 6.92 Å². The van der Waals surface area contributed by atoms with Crippen LogP contribution in [0.3, 0.4) is 0 Å². The van der Waals surface area contributed by atoms with Crippen molar-refractivity contribution in [2.24, 2.45) is 0 Å². The van der Waals surface area contributed by atoms with Crippen LogP contribution in [-0.4, -0.2) is 10.9 Å². The molecule has 3 nitrogen and oxygen atoms in total. The molecule has 5 heteroatoms. The molecule has 0 atom stereocenters. The molecule has 0 unspecified atom stereocenters. The van der Waals surface area contributed by atoms with E-state index < -0.39 is 0 Å². The summed E-state index contributed by atoms with van der Waals surface area (Å²) in [5, 5.41) is 6.18. The van der Waals surface area contributed by atoms with Crippen molar-refractivity contribution in [1.82, 2.24) is 4.98 Å². The second kappa shape index (κ2) is 6.94. The molecule has 23 heavy (non-hydrogen) atoms. The summed E-state index contributed by atoms with van der Waals surface area (Å²) in [5.41, 5.74) is 3.65. The van der Waals surface area contributed by atoms with Gasteiger partial charge in [-0.1, -0.05) is 47.5 Å². The molecular formula is C18H15ClN2OS. The molecule has 1 amide bonds. The van der Waals surface area contributed by atoms with E-state index in [1.54, 1.807) is 23.5 Å². The van der Waals surface area contributed by atoms with Crippen molar-refractivity contribution in [2.75, 3.05) is 5.32 Å². The molecule has 1 N–H and O–H groups in total. The van der Waals surface area contributed by atoms with Crippen molar-refractivity contribution in [3.8, 4) is 10.6 Å². The van der Waals surface area contributed by atoms with Crippen molar-refractivity contribution in [3.05, 3.63) is 70.2 Å². The first-order valence-electron chi connectivity index (χ1n) is 7.17. The quantitative estimate of drug-likeness (QED) is 0.728. The lowest BCUT2D eigenvalue weighted by molar-refractivity contribution is -0.115. The van der Waals surface area contributed by atoms with E-state index in [1.165, 1.54) is 5.56 Å². The number of halogens is 1. The number of rotatable bonds is 4. The van der Waals surface area contributed by atoms with E-state index in [4.69, 9.17) is 11.6 Å². The Kier molecular flexibility index (Phi) is 4.74. The first-order chi connectivity index (χ1) is 11.1. The van der Waals surface area contributed by atoms with Crippen LogP contribution in [0.4, 0.5) is 5.69 Å². The van der Waals surface area contributed by atoms with Crippen LogP contribution >= 0.6 is 22.9 Å². The van der Waals surface area contributed by atoms with Crippen LogP contribution in [0.5, 0.6) is 0 Å². The molecule has 0 aliphatic carbocycles. The van der Waals surface area contributed by atoms with Crippen LogP contribution in [0.25, 0.3) is 10.6 Å². The number of nitrogens with one attached hydrogen (secondary N) is 1. The van der Waals surface area contributed by atoms with Gasteiger partial charge in [0.15, 0.2) is 0 Å². The highest BCUT2D eigenvalue weighted by Crippen LogP contribution is 2.25. The molecule has 1 heterocycles. The maximum Gasteiger partial charge on any atom is 0.230 e. The average molecular weight is 343 g/mol. The molecule has 0 radical (unpaired) electrons. The van der Waals surface area contributed by atoms with Crippen molar-refractivity contribution >= 4 is 34.5 Å². The summed E-state index contributed by atoms with van der Waals surface area (Å²) < 4.78 is 0. The summed E-state index contributed by atoms with van der Waals surface area (Å²) >= 11 is 7.59. The molecule has 3 aromatic rings. The van der Waals surface area contributed by atoms with E-state index in [0.29, 0.717) is 10.7 Å². The summed E-state index contributed by atoms with van der Waals surface area (Å²) in [6.07, 6.45) is 0.230. The highest BCUT2D eigenvalue weighted by Gasteiger charge is 2.10. The molecule has 3 rings (SSSR count). The fraction of sp³-hybridized carbons (Fsp3) is 0.111. The zero-order chi connectivity index (χ0) is 16.2. The number of hydrogen-bond acceptors (Lipinski definition) is 3. The number of hydrogen-bond donors (Lipinski definition) is 1. The van der Waals surface area contributed by atoms with Crippen LogP contribution in [-0.2, 0) is 11.2 Å². The van der Waals surface area contributed by atoms with Gasteiger partial charge in [-0.15, -0.1) is 11.3 Å². The second-order valence-corrected chi connectivity index (χ2v) is 6.48. The zero-order valence-electron chi connectivity index (χ0n) is 12.5. The Morgan fingerprint density at radius 3 is 2.83 bits per heavy atom. The predicted molar refractivity (Wildman–Crippen MR) is 96.1 cm³/mol. The summed E-state index contributed by atoms with van der Waals surface area (Å²) in [7, 11) is 0. The van der Waals surface area contributed by atoms with Crippen molar-refractivity contribution in [2.45, 2.75) is 13.3 Å².